The first-order chi connectivity index (χ1) is 11.5. The summed E-state index contributed by atoms with van der Waals surface area (Å²) >= 11 is 0. The molecule has 0 amide bonds. The average Bonchev–Trinajstić information content (AvgIpc) is 2.58. The van der Waals surface area contributed by atoms with E-state index in [4.69, 9.17) is 15.2 Å². The molecule has 3 heteroatoms. The van der Waals surface area contributed by atoms with Crippen molar-refractivity contribution in [2.45, 2.75) is 33.1 Å². The van der Waals surface area contributed by atoms with Crippen molar-refractivity contribution in [3.8, 4) is 11.5 Å². The third-order valence-electron chi connectivity index (χ3n) is 4.14. The van der Waals surface area contributed by atoms with Gasteiger partial charge in [-0.1, -0.05) is 55.8 Å². The summed E-state index contributed by atoms with van der Waals surface area (Å²) in [5.41, 5.74) is 9.70. The quantitative estimate of drug-likeness (QED) is 0.785. The fourth-order valence-electron chi connectivity index (χ4n) is 2.77. The Labute approximate surface area is 145 Å². The Morgan fingerprint density at radius 3 is 2.33 bits per heavy atom. The van der Waals surface area contributed by atoms with Crippen LogP contribution in [0, 0.1) is 12.8 Å². The molecule has 3 nitrogen and oxygen atoms in total. The van der Waals surface area contributed by atoms with Crippen LogP contribution in [0.1, 0.15) is 36.5 Å². The minimum Gasteiger partial charge on any atom is -0.493 e. The molecular formula is C21H29NO2. The first-order valence-corrected chi connectivity index (χ1v) is 8.60. The van der Waals surface area contributed by atoms with Gasteiger partial charge in [-0.05, 0) is 43.0 Å². The molecule has 0 bridgehead atoms. The molecule has 0 radical (unpaired) electrons. The van der Waals surface area contributed by atoms with Crippen molar-refractivity contribution in [2.24, 2.45) is 11.7 Å². The Hall–Kier alpha value is -2.00. The zero-order valence-corrected chi connectivity index (χ0v) is 15.2. The van der Waals surface area contributed by atoms with Crippen LogP contribution in [0.5, 0.6) is 11.5 Å². The van der Waals surface area contributed by atoms with Gasteiger partial charge in [0.25, 0.3) is 0 Å². The Morgan fingerprint density at radius 2 is 1.75 bits per heavy atom. The van der Waals surface area contributed by atoms with Crippen molar-refractivity contribution < 1.29 is 9.47 Å². The largest absolute Gasteiger partial charge is 0.493 e. The number of hydrogen-bond acceptors (Lipinski definition) is 3. The molecule has 130 valence electrons. The summed E-state index contributed by atoms with van der Waals surface area (Å²) in [6.07, 6.45) is 0.835. The second kappa shape index (κ2) is 8.74. The number of nitrogens with two attached hydrogens (primary N) is 1. The van der Waals surface area contributed by atoms with Crippen LogP contribution in [0.2, 0.25) is 0 Å². The molecular weight excluding hydrogens is 298 g/mol. The van der Waals surface area contributed by atoms with E-state index in [0.29, 0.717) is 19.1 Å². The van der Waals surface area contributed by atoms with Crippen LogP contribution >= 0.6 is 0 Å². The standard InChI is InChI=1S/C21H29NO2/c1-15(2)14-24-20-7-5-6-18(21(20)23-4)12-19(13-22)17-10-8-16(3)9-11-17/h5-11,15,19H,12-14,22H2,1-4H3. The Balaban J connectivity index is 2.23. The number of methoxy groups -OCH3 is 1. The molecule has 2 rings (SSSR count). The van der Waals surface area contributed by atoms with Crippen LogP contribution in [0.3, 0.4) is 0 Å². The second-order valence-electron chi connectivity index (χ2n) is 6.70. The Kier molecular flexibility index (Phi) is 6.68. The highest BCUT2D eigenvalue weighted by atomic mass is 16.5. The molecule has 0 fully saturated rings. The topological polar surface area (TPSA) is 44.5 Å². The zero-order valence-electron chi connectivity index (χ0n) is 15.2. The van der Waals surface area contributed by atoms with Gasteiger partial charge in [0.1, 0.15) is 0 Å². The third kappa shape index (κ3) is 4.75. The van der Waals surface area contributed by atoms with Crippen LogP contribution < -0.4 is 15.2 Å². The molecule has 0 aliphatic rings. The molecule has 1 unspecified atom stereocenters. The van der Waals surface area contributed by atoms with Gasteiger partial charge in [0.2, 0.25) is 0 Å². The lowest BCUT2D eigenvalue weighted by atomic mass is 9.91. The molecule has 24 heavy (non-hydrogen) atoms. The molecule has 0 aliphatic carbocycles. The van der Waals surface area contributed by atoms with E-state index in [1.54, 1.807) is 7.11 Å². The number of benzene rings is 2. The summed E-state index contributed by atoms with van der Waals surface area (Å²) in [6, 6.07) is 14.7. The van der Waals surface area contributed by atoms with Crippen molar-refractivity contribution in [3.05, 3.63) is 59.2 Å². The molecule has 0 saturated carbocycles. The summed E-state index contributed by atoms with van der Waals surface area (Å²) in [7, 11) is 1.70. The molecule has 1 atom stereocenters. The van der Waals surface area contributed by atoms with Crippen LogP contribution in [0.15, 0.2) is 42.5 Å². The predicted molar refractivity (Wildman–Crippen MR) is 100 cm³/mol. The van der Waals surface area contributed by atoms with Gasteiger partial charge in [0.15, 0.2) is 11.5 Å². The predicted octanol–water partition coefficient (Wildman–Crippen LogP) is 4.32. The number of para-hydroxylation sites is 1. The minimum absolute atomic E-state index is 0.264. The SMILES string of the molecule is COc1c(CC(CN)c2ccc(C)cc2)cccc1OCC(C)C. The van der Waals surface area contributed by atoms with Crippen molar-refractivity contribution in [1.29, 1.82) is 0 Å². The van der Waals surface area contributed by atoms with Crippen LogP contribution in [0.25, 0.3) is 0 Å². The maximum absolute atomic E-state index is 6.05. The van der Waals surface area contributed by atoms with E-state index in [0.717, 1.165) is 23.5 Å². The highest BCUT2D eigenvalue weighted by Crippen LogP contribution is 2.34. The van der Waals surface area contributed by atoms with Crippen molar-refractivity contribution in [3.63, 3.8) is 0 Å². The monoisotopic (exact) mass is 327 g/mol. The van der Waals surface area contributed by atoms with Gasteiger partial charge in [-0.15, -0.1) is 0 Å². The van der Waals surface area contributed by atoms with Crippen LogP contribution in [-0.2, 0) is 6.42 Å². The summed E-state index contributed by atoms with van der Waals surface area (Å²) in [4.78, 5) is 0. The fourth-order valence-corrected chi connectivity index (χ4v) is 2.77. The molecule has 2 aromatic rings. The maximum atomic E-state index is 6.05. The number of rotatable bonds is 8. The first-order valence-electron chi connectivity index (χ1n) is 8.60. The highest BCUT2D eigenvalue weighted by molar-refractivity contribution is 5.47. The van der Waals surface area contributed by atoms with Gasteiger partial charge in [-0.2, -0.15) is 0 Å². The highest BCUT2D eigenvalue weighted by Gasteiger charge is 2.16. The first kappa shape index (κ1) is 18.3. The van der Waals surface area contributed by atoms with Gasteiger partial charge in [-0.3, -0.25) is 0 Å². The molecule has 0 saturated heterocycles. The Bertz CT molecular complexity index is 635. The van der Waals surface area contributed by atoms with Gasteiger partial charge in [0.05, 0.1) is 13.7 Å². The van der Waals surface area contributed by atoms with E-state index < -0.39 is 0 Å². The molecule has 2 N–H and O–H groups in total. The maximum Gasteiger partial charge on any atom is 0.163 e. The molecule has 0 heterocycles. The van der Waals surface area contributed by atoms with Crippen LogP contribution in [0.4, 0.5) is 0 Å². The zero-order chi connectivity index (χ0) is 17.5. The summed E-state index contributed by atoms with van der Waals surface area (Å²) in [5.74, 6) is 2.37. The molecule has 0 spiro atoms. The number of ether oxygens (including phenoxy) is 2. The number of hydrogen-bond donors (Lipinski definition) is 1. The lowest BCUT2D eigenvalue weighted by Crippen LogP contribution is -2.16. The number of aryl methyl sites for hydroxylation is 1. The van der Waals surface area contributed by atoms with E-state index in [2.05, 4.69) is 51.1 Å². The van der Waals surface area contributed by atoms with Crippen molar-refractivity contribution in [1.82, 2.24) is 0 Å². The lowest BCUT2D eigenvalue weighted by molar-refractivity contribution is 0.256. The molecule has 0 aliphatic heterocycles. The fraction of sp³-hybridized carbons (Fsp3) is 0.429. The van der Waals surface area contributed by atoms with Gasteiger partial charge < -0.3 is 15.2 Å². The van der Waals surface area contributed by atoms with E-state index in [1.807, 2.05) is 12.1 Å². The van der Waals surface area contributed by atoms with Gasteiger partial charge in [-0.25, -0.2) is 0 Å². The second-order valence-corrected chi connectivity index (χ2v) is 6.70. The minimum atomic E-state index is 0.264. The summed E-state index contributed by atoms with van der Waals surface area (Å²) in [6.45, 7) is 7.65. The lowest BCUT2D eigenvalue weighted by Gasteiger charge is -2.20. The van der Waals surface area contributed by atoms with Crippen LogP contribution in [-0.4, -0.2) is 20.3 Å². The van der Waals surface area contributed by atoms with E-state index >= 15 is 0 Å². The third-order valence-corrected chi connectivity index (χ3v) is 4.14. The van der Waals surface area contributed by atoms with Crippen molar-refractivity contribution in [2.75, 3.05) is 20.3 Å². The summed E-state index contributed by atoms with van der Waals surface area (Å²) in [5, 5.41) is 0. The van der Waals surface area contributed by atoms with Gasteiger partial charge >= 0.3 is 0 Å². The smallest absolute Gasteiger partial charge is 0.163 e. The average molecular weight is 327 g/mol. The Morgan fingerprint density at radius 1 is 1.04 bits per heavy atom. The normalized spacial score (nSPS) is 12.2. The van der Waals surface area contributed by atoms with Gasteiger partial charge in [0, 0.05) is 5.92 Å². The molecule has 0 aromatic heterocycles. The summed E-state index contributed by atoms with van der Waals surface area (Å²) < 4.78 is 11.6. The van der Waals surface area contributed by atoms with E-state index in [9.17, 15) is 0 Å². The van der Waals surface area contributed by atoms with E-state index in [1.165, 1.54) is 11.1 Å². The molecule has 2 aromatic carbocycles. The van der Waals surface area contributed by atoms with Crippen molar-refractivity contribution >= 4 is 0 Å². The van der Waals surface area contributed by atoms with E-state index in [-0.39, 0.29) is 5.92 Å².